The molecule has 2 aliphatic rings. The summed E-state index contributed by atoms with van der Waals surface area (Å²) >= 11 is 0. The number of fused-ring (bicyclic) bond motifs is 2. The Bertz CT molecular complexity index is 889. The van der Waals surface area contributed by atoms with Crippen LogP contribution in [0.3, 0.4) is 0 Å². The summed E-state index contributed by atoms with van der Waals surface area (Å²) in [5.74, 6) is 1.01. The van der Waals surface area contributed by atoms with Gasteiger partial charge in [-0.2, -0.15) is 0 Å². The summed E-state index contributed by atoms with van der Waals surface area (Å²) < 4.78 is 10.4. The van der Waals surface area contributed by atoms with Crippen LogP contribution in [0, 0.1) is 0 Å². The van der Waals surface area contributed by atoms with Gasteiger partial charge in [-0.05, 0) is 35.8 Å². The Morgan fingerprint density at radius 3 is 2.62 bits per heavy atom. The maximum absolute atomic E-state index is 13.1. The number of hydrogen-bond donors (Lipinski definition) is 2. The average molecular weight is 352 g/mol. The lowest BCUT2D eigenvalue weighted by atomic mass is 10.0. The van der Waals surface area contributed by atoms with Gasteiger partial charge in [0.05, 0.1) is 31.5 Å². The van der Waals surface area contributed by atoms with Crippen molar-refractivity contribution in [2.45, 2.75) is 12.5 Å². The van der Waals surface area contributed by atoms with Gasteiger partial charge in [-0.3, -0.25) is 4.79 Å². The van der Waals surface area contributed by atoms with Crippen LogP contribution in [0.1, 0.15) is 22.3 Å². The Morgan fingerprint density at radius 2 is 1.92 bits per heavy atom. The van der Waals surface area contributed by atoms with Crippen LogP contribution < -0.4 is 14.8 Å². The molecule has 0 fully saturated rings. The van der Waals surface area contributed by atoms with Gasteiger partial charge >= 0.3 is 0 Å². The largest absolute Gasteiger partial charge is 0.504 e. The van der Waals surface area contributed by atoms with Crippen molar-refractivity contribution in [2.75, 3.05) is 26.1 Å². The molecule has 2 N–H and O–H groups in total. The SMILES string of the molecule is COc1ccc(C2=CN3C(=O)c4cc(OC)c(O)cc4NC[C@@H]3C2)cc1. The van der Waals surface area contributed by atoms with Gasteiger partial charge in [0, 0.05) is 18.8 Å². The van der Waals surface area contributed by atoms with Gasteiger partial charge in [-0.25, -0.2) is 0 Å². The second kappa shape index (κ2) is 6.29. The van der Waals surface area contributed by atoms with Crippen LogP contribution in [0.15, 0.2) is 42.6 Å². The minimum Gasteiger partial charge on any atom is -0.504 e. The van der Waals surface area contributed by atoms with Gasteiger partial charge in [0.15, 0.2) is 11.5 Å². The van der Waals surface area contributed by atoms with Crippen molar-refractivity contribution in [1.82, 2.24) is 4.90 Å². The lowest BCUT2D eigenvalue weighted by Gasteiger charge is -2.20. The molecule has 2 aromatic rings. The van der Waals surface area contributed by atoms with Crippen molar-refractivity contribution in [1.29, 1.82) is 0 Å². The lowest BCUT2D eigenvalue weighted by Crippen LogP contribution is -2.34. The first-order valence-corrected chi connectivity index (χ1v) is 8.43. The number of methoxy groups -OCH3 is 2. The number of carbonyl (C=O) groups excluding carboxylic acids is 1. The minimum absolute atomic E-state index is 0.0167. The number of phenols is 1. The highest BCUT2D eigenvalue weighted by atomic mass is 16.5. The Balaban J connectivity index is 1.68. The summed E-state index contributed by atoms with van der Waals surface area (Å²) in [4.78, 5) is 14.8. The summed E-state index contributed by atoms with van der Waals surface area (Å²) in [6, 6.07) is 11.0. The monoisotopic (exact) mass is 352 g/mol. The van der Waals surface area contributed by atoms with Crippen LogP contribution in [0.2, 0.25) is 0 Å². The molecule has 26 heavy (non-hydrogen) atoms. The van der Waals surface area contributed by atoms with E-state index < -0.39 is 0 Å². The van der Waals surface area contributed by atoms with Crippen molar-refractivity contribution in [2.24, 2.45) is 0 Å². The molecular formula is C20H20N2O4. The van der Waals surface area contributed by atoms with Gasteiger partial charge < -0.3 is 24.8 Å². The molecule has 2 aromatic carbocycles. The van der Waals surface area contributed by atoms with E-state index in [9.17, 15) is 9.90 Å². The topological polar surface area (TPSA) is 71.0 Å². The van der Waals surface area contributed by atoms with Gasteiger partial charge in [-0.1, -0.05) is 12.1 Å². The fraction of sp³-hybridized carbons (Fsp3) is 0.250. The Kier molecular flexibility index (Phi) is 3.95. The highest BCUT2D eigenvalue weighted by molar-refractivity contribution is 6.03. The van der Waals surface area contributed by atoms with Crippen LogP contribution in [0.4, 0.5) is 5.69 Å². The summed E-state index contributed by atoms with van der Waals surface area (Å²) in [5, 5.41) is 13.2. The Hall–Kier alpha value is -3.15. The molecule has 0 radical (unpaired) electrons. The fourth-order valence-electron chi connectivity index (χ4n) is 3.49. The number of rotatable bonds is 3. The van der Waals surface area contributed by atoms with Crippen LogP contribution in [-0.2, 0) is 0 Å². The summed E-state index contributed by atoms with van der Waals surface area (Å²) in [6.45, 7) is 0.612. The Morgan fingerprint density at radius 1 is 1.15 bits per heavy atom. The van der Waals surface area contributed by atoms with E-state index in [0.29, 0.717) is 17.8 Å². The van der Waals surface area contributed by atoms with E-state index in [0.717, 1.165) is 23.3 Å². The molecule has 0 bridgehead atoms. The maximum atomic E-state index is 13.1. The predicted octanol–water partition coefficient (Wildman–Crippen LogP) is 3.09. The molecule has 0 saturated heterocycles. The van der Waals surface area contributed by atoms with Crippen molar-refractivity contribution >= 4 is 17.2 Å². The molecule has 1 amide bonds. The number of carbonyl (C=O) groups is 1. The number of benzene rings is 2. The normalized spacial score (nSPS) is 18.4. The van der Waals surface area contributed by atoms with Crippen molar-refractivity contribution in [3.63, 3.8) is 0 Å². The number of ether oxygens (including phenoxy) is 2. The maximum Gasteiger partial charge on any atom is 0.260 e. The molecule has 4 rings (SSSR count). The quantitative estimate of drug-likeness (QED) is 0.888. The van der Waals surface area contributed by atoms with Crippen molar-refractivity contribution in [3.05, 3.63) is 53.7 Å². The third kappa shape index (κ3) is 2.63. The molecule has 2 aliphatic heterocycles. The van der Waals surface area contributed by atoms with E-state index >= 15 is 0 Å². The van der Waals surface area contributed by atoms with Crippen molar-refractivity contribution in [3.8, 4) is 17.2 Å². The van der Waals surface area contributed by atoms with E-state index in [2.05, 4.69) is 5.32 Å². The van der Waals surface area contributed by atoms with Crippen LogP contribution >= 0.6 is 0 Å². The third-order valence-electron chi connectivity index (χ3n) is 4.92. The molecule has 0 aliphatic carbocycles. The zero-order valence-corrected chi connectivity index (χ0v) is 14.7. The Labute approximate surface area is 151 Å². The van der Waals surface area contributed by atoms with Gasteiger partial charge in [0.2, 0.25) is 0 Å². The number of nitrogens with one attached hydrogen (secondary N) is 1. The first-order chi connectivity index (χ1) is 12.6. The molecule has 2 heterocycles. The molecule has 0 spiro atoms. The highest BCUT2D eigenvalue weighted by Gasteiger charge is 2.34. The smallest absolute Gasteiger partial charge is 0.260 e. The number of hydrogen-bond acceptors (Lipinski definition) is 5. The highest BCUT2D eigenvalue weighted by Crippen LogP contribution is 2.38. The molecule has 1 atom stereocenters. The fourth-order valence-corrected chi connectivity index (χ4v) is 3.49. The second-order valence-electron chi connectivity index (χ2n) is 6.40. The van der Waals surface area contributed by atoms with Gasteiger partial charge in [0.25, 0.3) is 5.91 Å². The second-order valence-corrected chi connectivity index (χ2v) is 6.40. The van der Waals surface area contributed by atoms with E-state index in [4.69, 9.17) is 9.47 Å². The zero-order valence-electron chi connectivity index (χ0n) is 14.7. The van der Waals surface area contributed by atoms with Gasteiger partial charge in [-0.15, -0.1) is 0 Å². The molecule has 6 nitrogen and oxygen atoms in total. The first-order valence-electron chi connectivity index (χ1n) is 8.43. The van der Waals surface area contributed by atoms with E-state index in [1.165, 1.54) is 7.11 Å². The standard InChI is InChI=1S/C20H20N2O4/c1-25-15-5-3-12(4-6-15)13-7-14-10-21-17-9-18(23)19(26-2)8-16(17)20(24)22(14)11-13/h3-6,8-9,11,14,21,23H,7,10H2,1-2H3/t14-/m0/s1. The average Bonchev–Trinajstić information content (AvgIpc) is 3.05. The molecule has 6 heteroatoms. The summed E-state index contributed by atoms with van der Waals surface area (Å²) in [7, 11) is 3.11. The van der Waals surface area contributed by atoms with Crippen molar-refractivity contribution < 1.29 is 19.4 Å². The molecule has 134 valence electrons. The zero-order chi connectivity index (χ0) is 18.3. The predicted molar refractivity (Wildman–Crippen MR) is 98.7 cm³/mol. The minimum atomic E-state index is -0.100. The van der Waals surface area contributed by atoms with Crippen LogP contribution in [0.5, 0.6) is 17.2 Å². The number of phenolic OH excluding ortho intramolecular Hbond substituents is 1. The number of nitrogens with zero attached hydrogens (tertiary/aromatic N) is 1. The molecule has 0 unspecified atom stereocenters. The van der Waals surface area contributed by atoms with Gasteiger partial charge in [0.1, 0.15) is 5.75 Å². The summed E-state index contributed by atoms with van der Waals surface area (Å²) in [6.07, 6.45) is 2.69. The molecule has 0 saturated carbocycles. The van der Waals surface area contributed by atoms with E-state index in [-0.39, 0.29) is 23.4 Å². The number of amides is 1. The number of aromatic hydroxyl groups is 1. The summed E-state index contributed by atoms with van der Waals surface area (Å²) in [5.41, 5.74) is 3.31. The van der Waals surface area contributed by atoms with E-state index in [1.54, 1.807) is 24.1 Å². The first kappa shape index (κ1) is 16.3. The third-order valence-corrected chi connectivity index (χ3v) is 4.92. The van der Waals surface area contributed by atoms with Crippen LogP contribution in [-0.4, -0.2) is 42.7 Å². The molecular weight excluding hydrogens is 332 g/mol. The molecule has 0 aromatic heterocycles. The number of anilines is 1. The van der Waals surface area contributed by atoms with E-state index in [1.807, 2.05) is 30.5 Å². The van der Waals surface area contributed by atoms with Crippen LogP contribution in [0.25, 0.3) is 5.57 Å². The lowest BCUT2D eigenvalue weighted by molar-refractivity contribution is 0.0796.